The van der Waals surface area contributed by atoms with Crippen molar-refractivity contribution in [1.82, 2.24) is 10.2 Å². The molecule has 3 nitrogen and oxygen atoms in total. The fourth-order valence-electron chi connectivity index (χ4n) is 2.23. The van der Waals surface area contributed by atoms with Crippen LogP contribution in [-0.4, -0.2) is 28.6 Å². The molecule has 1 rings (SSSR count). The van der Waals surface area contributed by atoms with Gasteiger partial charge in [0.25, 0.3) is 0 Å². The van der Waals surface area contributed by atoms with E-state index < -0.39 is 0 Å². The summed E-state index contributed by atoms with van der Waals surface area (Å²) in [6.45, 7) is 14.8. The fraction of sp³-hybridized carbons (Fsp3) is 0.923. The number of carbonyl (C=O) groups is 1. The Labute approximate surface area is 99.6 Å². The van der Waals surface area contributed by atoms with Gasteiger partial charge in [-0.15, -0.1) is 0 Å². The van der Waals surface area contributed by atoms with E-state index in [1.807, 2.05) is 11.8 Å². The van der Waals surface area contributed by atoms with Crippen molar-refractivity contribution in [2.75, 3.05) is 0 Å². The summed E-state index contributed by atoms with van der Waals surface area (Å²) in [4.78, 5) is 14.4. The van der Waals surface area contributed by atoms with Gasteiger partial charge in [-0.25, -0.2) is 0 Å². The van der Waals surface area contributed by atoms with Gasteiger partial charge >= 0.3 is 0 Å². The van der Waals surface area contributed by atoms with E-state index in [2.05, 4.69) is 46.9 Å². The lowest BCUT2D eigenvalue weighted by Gasteiger charge is -2.37. The maximum Gasteiger partial charge on any atom is 0.244 e. The molecule has 1 heterocycles. The first-order valence-electron chi connectivity index (χ1n) is 6.24. The molecule has 1 aliphatic rings. The second-order valence-corrected chi connectivity index (χ2v) is 6.26. The molecule has 0 bridgehead atoms. The molecule has 1 N–H and O–H groups in total. The molecule has 1 saturated heterocycles. The standard InChI is InChI=1S/C13H26N2O/c1-8-13(7)11(16)15(10(3)14-13)9(2)12(4,5)6/h9-10,14H,8H2,1-7H3. The van der Waals surface area contributed by atoms with Crippen LogP contribution in [0.4, 0.5) is 0 Å². The average Bonchev–Trinajstić information content (AvgIpc) is 2.36. The lowest BCUT2D eigenvalue weighted by Crippen LogP contribution is -2.48. The first kappa shape index (κ1) is 13.5. The molecule has 3 atom stereocenters. The van der Waals surface area contributed by atoms with E-state index in [0.29, 0.717) is 0 Å². The Kier molecular flexibility index (Phi) is 3.39. The van der Waals surface area contributed by atoms with Crippen LogP contribution in [0.1, 0.15) is 54.9 Å². The normalized spacial score (nSPS) is 33.3. The van der Waals surface area contributed by atoms with Crippen molar-refractivity contribution in [3.63, 3.8) is 0 Å². The molecule has 1 amide bonds. The minimum atomic E-state index is -0.376. The zero-order chi connectivity index (χ0) is 12.7. The Morgan fingerprint density at radius 3 is 2.31 bits per heavy atom. The van der Waals surface area contributed by atoms with Gasteiger partial charge in [-0.1, -0.05) is 27.7 Å². The second-order valence-electron chi connectivity index (χ2n) is 6.26. The molecule has 3 heteroatoms. The molecule has 0 aromatic rings. The SMILES string of the molecule is CCC1(C)NC(C)N(C(C)C(C)(C)C)C1=O. The van der Waals surface area contributed by atoms with Gasteiger partial charge in [-0.05, 0) is 32.6 Å². The van der Waals surface area contributed by atoms with E-state index in [4.69, 9.17) is 0 Å². The molecular weight excluding hydrogens is 200 g/mol. The molecule has 0 spiro atoms. The van der Waals surface area contributed by atoms with Gasteiger partial charge in [0, 0.05) is 6.04 Å². The van der Waals surface area contributed by atoms with Crippen LogP contribution in [0.25, 0.3) is 0 Å². The molecule has 3 unspecified atom stereocenters. The topological polar surface area (TPSA) is 32.3 Å². The minimum absolute atomic E-state index is 0.116. The zero-order valence-electron chi connectivity index (χ0n) is 11.7. The van der Waals surface area contributed by atoms with Crippen LogP contribution in [0.2, 0.25) is 0 Å². The highest BCUT2D eigenvalue weighted by Gasteiger charge is 2.48. The van der Waals surface area contributed by atoms with E-state index in [1.165, 1.54) is 0 Å². The maximum atomic E-state index is 12.4. The molecule has 0 aromatic heterocycles. The Balaban J connectivity index is 2.96. The lowest BCUT2D eigenvalue weighted by molar-refractivity contribution is -0.136. The van der Waals surface area contributed by atoms with Crippen LogP contribution < -0.4 is 5.32 Å². The molecule has 16 heavy (non-hydrogen) atoms. The summed E-state index contributed by atoms with van der Waals surface area (Å²) in [6, 6.07) is 0.246. The van der Waals surface area contributed by atoms with Crippen LogP contribution >= 0.6 is 0 Å². The predicted molar refractivity (Wildman–Crippen MR) is 67.1 cm³/mol. The third-order valence-corrected chi connectivity index (χ3v) is 4.03. The third kappa shape index (κ3) is 2.10. The van der Waals surface area contributed by atoms with Crippen LogP contribution in [-0.2, 0) is 4.79 Å². The first-order valence-corrected chi connectivity index (χ1v) is 6.24. The van der Waals surface area contributed by atoms with E-state index in [9.17, 15) is 4.79 Å². The summed E-state index contributed by atoms with van der Waals surface area (Å²) in [5, 5.41) is 3.41. The number of hydrogen-bond acceptors (Lipinski definition) is 2. The summed E-state index contributed by atoms with van der Waals surface area (Å²) >= 11 is 0. The van der Waals surface area contributed by atoms with Gasteiger partial charge in [0.05, 0.1) is 11.7 Å². The minimum Gasteiger partial charge on any atom is -0.323 e. The van der Waals surface area contributed by atoms with E-state index in [1.54, 1.807) is 0 Å². The van der Waals surface area contributed by atoms with E-state index >= 15 is 0 Å². The van der Waals surface area contributed by atoms with Crippen molar-refractivity contribution in [2.24, 2.45) is 5.41 Å². The van der Waals surface area contributed by atoms with Crippen LogP contribution in [0, 0.1) is 5.41 Å². The van der Waals surface area contributed by atoms with Crippen molar-refractivity contribution < 1.29 is 4.79 Å². The van der Waals surface area contributed by atoms with Crippen LogP contribution in [0.3, 0.4) is 0 Å². The Morgan fingerprint density at radius 2 is 2.00 bits per heavy atom. The van der Waals surface area contributed by atoms with Crippen molar-refractivity contribution in [3.8, 4) is 0 Å². The second kappa shape index (κ2) is 4.02. The molecule has 0 radical (unpaired) electrons. The summed E-state index contributed by atoms with van der Waals surface area (Å²) in [6.07, 6.45) is 0.968. The largest absolute Gasteiger partial charge is 0.323 e. The molecule has 0 aliphatic carbocycles. The molecule has 1 aliphatic heterocycles. The fourth-order valence-corrected chi connectivity index (χ4v) is 2.23. The highest BCUT2D eigenvalue weighted by molar-refractivity contribution is 5.88. The van der Waals surface area contributed by atoms with Gasteiger partial charge in [0.15, 0.2) is 0 Å². The zero-order valence-corrected chi connectivity index (χ0v) is 11.7. The number of hydrogen-bond donors (Lipinski definition) is 1. The lowest BCUT2D eigenvalue weighted by atomic mass is 9.86. The maximum absolute atomic E-state index is 12.4. The van der Waals surface area contributed by atoms with Gasteiger partial charge in [0.1, 0.15) is 0 Å². The number of carbonyl (C=O) groups excluding carboxylic acids is 1. The smallest absolute Gasteiger partial charge is 0.244 e. The Morgan fingerprint density at radius 1 is 1.50 bits per heavy atom. The first-order chi connectivity index (χ1) is 7.13. The Hall–Kier alpha value is -0.570. The van der Waals surface area contributed by atoms with Crippen molar-refractivity contribution in [1.29, 1.82) is 0 Å². The van der Waals surface area contributed by atoms with Gasteiger partial charge < -0.3 is 4.90 Å². The highest BCUT2D eigenvalue weighted by atomic mass is 16.2. The molecule has 0 saturated carbocycles. The molecule has 1 fully saturated rings. The number of nitrogens with zero attached hydrogens (tertiary/aromatic N) is 1. The number of rotatable bonds is 2. The van der Waals surface area contributed by atoms with Gasteiger partial charge in [0.2, 0.25) is 5.91 Å². The molecule has 94 valence electrons. The summed E-state index contributed by atoms with van der Waals surface area (Å²) < 4.78 is 0. The van der Waals surface area contributed by atoms with Crippen LogP contribution in [0.5, 0.6) is 0 Å². The quantitative estimate of drug-likeness (QED) is 0.784. The molecule has 0 aromatic carbocycles. The number of nitrogens with one attached hydrogen (secondary N) is 1. The van der Waals surface area contributed by atoms with E-state index in [-0.39, 0.29) is 29.1 Å². The summed E-state index contributed by atoms with van der Waals surface area (Å²) in [5.74, 6) is 0.241. The van der Waals surface area contributed by atoms with Gasteiger partial charge in [-0.3, -0.25) is 10.1 Å². The highest BCUT2D eigenvalue weighted by Crippen LogP contribution is 2.32. The third-order valence-electron chi connectivity index (χ3n) is 4.03. The number of amides is 1. The summed E-state index contributed by atoms with van der Waals surface area (Å²) in [5.41, 5.74) is -0.260. The van der Waals surface area contributed by atoms with Gasteiger partial charge in [-0.2, -0.15) is 0 Å². The Bertz CT molecular complexity index is 282. The molecular formula is C13H26N2O. The van der Waals surface area contributed by atoms with Crippen LogP contribution in [0.15, 0.2) is 0 Å². The predicted octanol–water partition coefficient (Wildman–Crippen LogP) is 2.37. The van der Waals surface area contributed by atoms with Crippen molar-refractivity contribution in [2.45, 2.75) is 72.6 Å². The monoisotopic (exact) mass is 226 g/mol. The summed E-state index contributed by atoms with van der Waals surface area (Å²) in [7, 11) is 0. The van der Waals surface area contributed by atoms with E-state index in [0.717, 1.165) is 6.42 Å². The van der Waals surface area contributed by atoms with Crippen molar-refractivity contribution in [3.05, 3.63) is 0 Å². The van der Waals surface area contributed by atoms with Crippen molar-refractivity contribution >= 4 is 5.91 Å². The average molecular weight is 226 g/mol.